The molecule has 1 N–H and O–H groups in total. The first-order chi connectivity index (χ1) is 12.8. The molecule has 0 bridgehead atoms. The zero-order chi connectivity index (χ0) is 19.2. The average molecular weight is 378 g/mol. The number of β-amino-alcohol motifs (C(OH)–C–C–N with tert-alkyl or cyclic N) is 1. The lowest BCUT2D eigenvalue weighted by atomic mass is 9.98. The van der Waals surface area contributed by atoms with E-state index in [9.17, 15) is 18.3 Å². The van der Waals surface area contributed by atoms with Crippen LogP contribution in [0.3, 0.4) is 0 Å². The minimum Gasteiger partial charge on any atom is -0.391 e. The summed E-state index contributed by atoms with van der Waals surface area (Å²) in [6.45, 7) is 3.24. The Labute approximate surface area is 152 Å². The van der Waals surface area contributed by atoms with Gasteiger partial charge in [-0.25, -0.2) is 19.9 Å². The summed E-state index contributed by atoms with van der Waals surface area (Å²) in [5, 5.41) is 10.0. The van der Waals surface area contributed by atoms with Crippen molar-refractivity contribution in [3.05, 3.63) is 36.5 Å². The predicted octanol–water partition coefficient (Wildman–Crippen LogP) is 2.41. The number of alkyl halides is 3. The van der Waals surface area contributed by atoms with Crippen LogP contribution in [0.5, 0.6) is 0 Å². The normalized spacial score (nSPS) is 21.0. The maximum Gasteiger partial charge on any atom is 0.434 e. The monoisotopic (exact) mass is 378 g/mol. The molecule has 0 saturated carbocycles. The molecule has 0 aromatic carbocycles. The first kappa shape index (κ1) is 17.7. The molecule has 1 aliphatic heterocycles. The number of anilines is 1. The third-order valence-electron chi connectivity index (χ3n) is 4.52. The maximum absolute atomic E-state index is 13.0. The molecular formula is C17H17F3N6O. The van der Waals surface area contributed by atoms with E-state index in [0.29, 0.717) is 24.0 Å². The van der Waals surface area contributed by atoms with Gasteiger partial charge in [0.2, 0.25) is 0 Å². The standard InChI is InChI=1S/C17H17F3N6O/c1-10-4-11(27)8-25(7-10)14-2-3-21-16(24-14)12-5-23-15-6-22-13(9-26(12)15)17(18,19)20/h2-3,5-6,9-11,27H,4,7-8H2,1H3/t10-,11+/m1/s1. The number of rotatable bonds is 2. The van der Waals surface area contributed by atoms with E-state index in [1.807, 2.05) is 11.8 Å². The molecule has 0 radical (unpaired) electrons. The van der Waals surface area contributed by atoms with Gasteiger partial charge in [0, 0.05) is 25.5 Å². The van der Waals surface area contributed by atoms with Gasteiger partial charge in [0.25, 0.3) is 0 Å². The number of aliphatic hydroxyl groups is 1. The van der Waals surface area contributed by atoms with Crippen LogP contribution in [-0.2, 0) is 6.18 Å². The molecule has 3 aromatic rings. The molecule has 2 atom stereocenters. The number of imidazole rings is 1. The molecule has 4 rings (SSSR count). The summed E-state index contributed by atoms with van der Waals surface area (Å²) in [4.78, 5) is 18.1. The van der Waals surface area contributed by atoms with Gasteiger partial charge >= 0.3 is 6.18 Å². The highest BCUT2D eigenvalue weighted by Crippen LogP contribution is 2.29. The fourth-order valence-corrected chi connectivity index (χ4v) is 3.36. The largest absolute Gasteiger partial charge is 0.434 e. The Bertz CT molecular complexity index is 963. The molecule has 0 unspecified atom stereocenters. The first-order valence-electron chi connectivity index (χ1n) is 8.48. The van der Waals surface area contributed by atoms with E-state index in [4.69, 9.17) is 0 Å². The quantitative estimate of drug-likeness (QED) is 0.738. The Morgan fingerprint density at radius 2 is 1.96 bits per heavy atom. The van der Waals surface area contributed by atoms with Crippen LogP contribution >= 0.6 is 0 Å². The van der Waals surface area contributed by atoms with Gasteiger partial charge in [-0.2, -0.15) is 13.2 Å². The van der Waals surface area contributed by atoms with Gasteiger partial charge in [-0.1, -0.05) is 6.92 Å². The van der Waals surface area contributed by atoms with Crippen LogP contribution in [0.25, 0.3) is 17.2 Å². The summed E-state index contributed by atoms with van der Waals surface area (Å²) in [5.74, 6) is 1.18. The van der Waals surface area contributed by atoms with Crippen molar-refractivity contribution < 1.29 is 18.3 Å². The van der Waals surface area contributed by atoms with Crippen LogP contribution < -0.4 is 4.90 Å². The number of fused-ring (bicyclic) bond motifs is 1. The molecular weight excluding hydrogens is 361 g/mol. The second-order valence-corrected chi connectivity index (χ2v) is 6.78. The number of aromatic nitrogens is 5. The van der Waals surface area contributed by atoms with Gasteiger partial charge in [0.1, 0.15) is 11.5 Å². The molecule has 1 fully saturated rings. The van der Waals surface area contributed by atoms with Gasteiger partial charge in [-0.15, -0.1) is 0 Å². The number of aliphatic hydroxyl groups excluding tert-OH is 1. The van der Waals surface area contributed by atoms with Crippen molar-refractivity contribution in [1.82, 2.24) is 24.3 Å². The molecule has 10 heteroatoms. The second kappa shape index (κ2) is 6.45. The molecule has 1 aliphatic rings. The van der Waals surface area contributed by atoms with Crippen molar-refractivity contribution in [2.75, 3.05) is 18.0 Å². The van der Waals surface area contributed by atoms with Crippen LogP contribution in [0.2, 0.25) is 0 Å². The van der Waals surface area contributed by atoms with Gasteiger partial charge < -0.3 is 10.0 Å². The fourth-order valence-electron chi connectivity index (χ4n) is 3.36. The van der Waals surface area contributed by atoms with Crippen molar-refractivity contribution in [3.63, 3.8) is 0 Å². The van der Waals surface area contributed by atoms with E-state index >= 15 is 0 Å². The van der Waals surface area contributed by atoms with Crippen molar-refractivity contribution >= 4 is 11.5 Å². The molecule has 0 amide bonds. The summed E-state index contributed by atoms with van der Waals surface area (Å²) >= 11 is 0. The van der Waals surface area contributed by atoms with Crippen LogP contribution in [0, 0.1) is 5.92 Å². The van der Waals surface area contributed by atoms with Crippen LogP contribution in [0.4, 0.5) is 19.0 Å². The molecule has 0 spiro atoms. The van der Waals surface area contributed by atoms with E-state index in [2.05, 4.69) is 19.9 Å². The molecule has 3 aromatic heterocycles. The van der Waals surface area contributed by atoms with E-state index in [1.165, 1.54) is 10.6 Å². The average Bonchev–Trinajstić information content (AvgIpc) is 3.03. The Morgan fingerprint density at radius 1 is 1.15 bits per heavy atom. The predicted molar refractivity (Wildman–Crippen MR) is 91.0 cm³/mol. The SMILES string of the molecule is C[C@@H]1C[C@H](O)CN(c2ccnc(-c3cnc4cnc(C(F)(F)F)cn34)n2)C1. The lowest BCUT2D eigenvalue weighted by molar-refractivity contribution is -0.141. The van der Waals surface area contributed by atoms with Crippen molar-refractivity contribution in [1.29, 1.82) is 0 Å². The molecule has 1 saturated heterocycles. The smallest absolute Gasteiger partial charge is 0.391 e. The number of halogens is 3. The summed E-state index contributed by atoms with van der Waals surface area (Å²) < 4.78 is 40.2. The molecule has 4 heterocycles. The van der Waals surface area contributed by atoms with Crippen molar-refractivity contribution in [2.45, 2.75) is 25.6 Å². The fraction of sp³-hybridized carbons (Fsp3) is 0.412. The Hall–Kier alpha value is -2.75. The van der Waals surface area contributed by atoms with Crippen LogP contribution in [0.15, 0.2) is 30.9 Å². The van der Waals surface area contributed by atoms with Crippen LogP contribution in [0.1, 0.15) is 19.0 Å². The molecule has 142 valence electrons. The zero-order valence-corrected chi connectivity index (χ0v) is 14.4. The molecule has 27 heavy (non-hydrogen) atoms. The first-order valence-corrected chi connectivity index (χ1v) is 8.48. The summed E-state index contributed by atoms with van der Waals surface area (Å²) in [6.07, 6.45) is 0.661. The summed E-state index contributed by atoms with van der Waals surface area (Å²) in [6, 6.07) is 1.72. The van der Waals surface area contributed by atoms with E-state index in [-0.39, 0.29) is 11.5 Å². The minimum absolute atomic E-state index is 0.257. The van der Waals surface area contributed by atoms with Crippen molar-refractivity contribution in [2.24, 2.45) is 5.92 Å². The molecule has 7 nitrogen and oxygen atoms in total. The third-order valence-corrected chi connectivity index (χ3v) is 4.52. The van der Waals surface area contributed by atoms with E-state index in [1.54, 1.807) is 12.3 Å². The van der Waals surface area contributed by atoms with Gasteiger partial charge in [-0.3, -0.25) is 4.40 Å². The van der Waals surface area contributed by atoms with Gasteiger partial charge in [0.15, 0.2) is 17.2 Å². The van der Waals surface area contributed by atoms with Gasteiger partial charge in [0.05, 0.1) is 18.5 Å². The number of nitrogens with zero attached hydrogens (tertiary/aromatic N) is 6. The maximum atomic E-state index is 13.0. The van der Waals surface area contributed by atoms with E-state index < -0.39 is 18.0 Å². The number of piperidine rings is 1. The molecule has 0 aliphatic carbocycles. The van der Waals surface area contributed by atoms with Crippen molar-refractivity contribution in [3.8, 4) is 11.5 Å². The van der Waals surface area contributed by atoms with Crippen LogP contribution in [-0.4, -0.2) is 48.6 Å². The lowest BCUT2D eigenvalue weighted by Gasteiger charge is -2.34. The minimum atomic E-state index is -4.56. The summed E-state index contributed by atoms with van der Waals surface area (Å²) in [7, 11) is 0. The Morgan fingerprint density at radius 3 is 2.70 bits per heavy atom. The van der Waals surface area contributed by atoms with E-state index in [0.717, 1.165) is 25.4 Å². The third kappa shape index (κ3) is 3.44. The highest BCUT2D eigenvalue weighted by molar-refractivity contribution is 5.58. The number of hydrogen-bond acceptors (Lipinski definition) is 6. The lowest BCUT2D eigenvalue weighted by Crippen LogP contribution is -2.42. The number of hydrogen-bond donors (Lipinski definition) is 1. The highest BCUT2D eigenvalue weighted by Gasteiger charge is 2.33. The summed E-state index contributed by atoms with van der Waals surface area (Å²) in [5.41, 5.74) is -0.405. The van der Waals surface area contributed by atoms with Gasteiger partial charge in [-0.05, 0) is 18.4 Å². The highest BCUT2D eigenvalue weighted by atomic mass is 19.4. The zero-order valence-electron chi connectivity index (χ0n) is 14.4. The Balaban J connectivity index is 1.74. The second-order valence-electron chi connectivity index (χ2n) is 6.78. The Kier molecular flexibility index (Phi) is 4.22. The topological polar surface area (TPSA) is 79.4 Å².